The van der Waals surface area contributed by atoms with Crippen molar-refractivity contribution in [1.82, 2.24) is 5.32 Å². The number of rotatable bonds is 6. The first kappa shape index (κ1) is 14.4. The maximum atomic E-state index is 3.90. The van der Waals surface area contributed by atoms with Crippen molar-refractivity contribution in [3.63, 3.8) is 0 Å². The molecule has 0 amide bonds. The number of nitrogens with one attached hydrogen (secondary N) is 1. The number of thiophene rings is 1. The van der Waals surface area contributed by atoms with Gasteiger partial charge in [-0.15, -0.1) is 11.3 Å². The molecule has 1 fully saturated rings. The largest absolute Gasteiger partial charge is 0.306 e. The minimum atomic E-state index is 0.542. The van der Waals surface area contributed by atoms with Crippen LogP contribution in [0.3, 0.4) is 0 Å². The zero-order chi connectivity index (χ0) is 13.0. The Labute approximate surface area is 120 Å². The molecule has 3 heteroatoms. The quantitative estimate of drug-likeness (QED) is 0.811. The van der Waals surface area contributed by atoms with Crippen LogP contribution in [-0.4, -0.2) is 17.0 Å². The van der Waals surface area contributed by atoms with Gasteiger partial charge in [-0.1, -0.05) is 26.8 Å². The molecule has 1 N–H and O–H groups in total. The van der Waals surface area contributed by atoms with Crippen LogP contribution in [0.4, 0.5) is 0 Å². The molecular weight excluding hydrogens is 258 g/mol. The van der Waals surface area contributed by atoms with E-state index in [0.29, 0.717) is 12.0 Å². The van der Waals surface area contributed by atoms with Gasteiger partial charge in [-0.3, -0.25) is 0 Å². The SMILES string of the molecule is CCSC1CCC(NC(c2cccs2)C(C)C)C1. The van der Waals surface area contributed by atoms with Crippen LogP contribution in [0.15, 0.2) is 17.5 Å². The van der Waals surface area contributed by atoms with Gasteiger partial charge >= 0.3 is 0 Å². The molecular formula is C15H25NS2. The molecule has 1 heterocycles. The van der Waals surface area contributed by atoms with E-state index < -0.39 is 0 Å². The van der Waals surface area contributed by atoms with Gasteiger partial charge in [0.15, 0.2) is 0 Å². The molecule has 1 nitrogen and oxygen atoms in total. The lowest BCUT2D eigenvalue weighted by Gasteiger charge is -2.25. The van der Waals surface area contributed by atoms with Gasteiger partial charge in [0.2, 0.25) is 0 Å². The van der Waals surface area contributed by atoms with Gasteiger partial charge in [-0.05, 0) is 42.4 Å². The Bertz CT molecular complexity index is 334. The van der Waals surface area contributed by atoms with Gasteiger partial charge in [0, 0.05) is 22.2 Å². The van der Waals surface area contributed by atoms with Crippen molar-refractivity contribution in [1.29, 1.82) is 0 Å². The minimum Gasteiger partial charge on any atom is -0.306 e. The van der Waals surface area contributed by atoms with E-state index in [2.05, 4.69) is 55.4 Å². The van der Waals surface area contributed by atoms with Gasteiger partial charge in [-0.2, -0.15) is 11.8 Å². The second-order valence-electron chi connectivity index (χ2n) is 5.49. The lowest BCUT2D eigenvalue weighted by molar-refractivity contribution is 0.365. The summed E-state index contributed by atoms with van der Waals surface area (Å²) in [5.74, 6) is 1.93. The third kappa shape index (κ3) is 3.75. The molecule has 2 rings (SSSR count). The lowest BCUT2D eigenvalue weighted by atomic mass is 10.0. The first-order chi connectivity index (χ1) is 8.70. The van der Waals surface area contributed by atoms with Gasteiger partial charge in [-0.25, -0.2) is 0 Å². The highest BCUT2D eigenvalue weighted by Crippen LogP contribution is 2.33. The number of thioether (sulfide) groups is 1. The molecule has 0 spiro atoms. The number of hydrogen-bond donors (Lipinski definition) is 1. The molecule has 18 heavy (non-hydrogen) atoms. The summed E-state index contributed by atoms with van der Waals surface area (Å²) < 4.78 is 0. The minimum absolute atomic E-state index is 0.542. The van der Waals surface area contributed by atoms with E-state index in [1.54, 1.807) is 0 Å². The first-order valence-electron chi connectivity index (χ1n) is 7.11. The number of hydrogen-bond acceptors (Lipinski definition) is 3. The Morgan fingerprint density at radius 2 is 2.28 bits per heavy atom. The summed E-state index contributed by atoms with van der Waals surface area (Å²) in [5.41, 5.74) is 0. The van der Waals surface area contributed by atoms with Crippen LogP contribution in [0.5, 0.6) is 0 Å². The molecule has 0 saturated heterocycles. The first-order valence-corrected chi connectivity index (χ1v) is 9.04. The van der Waals surface area contributed by atoms with Crippen LogP contribution in [0, 0.1) is 5.92 Å². The van der Waals surface area contributed by atoms with Crippen molar-refractivity contribution in [3.05, 3.63) is 22.4 Å². The van der Waals surface area contributed by atoms with Crippen molar-refractivity contribution in [2.75, 3.05) is 5.75 Å². The predicted molar refractivity (Wildman–Crippen MR) is 84.6 cm³/mol. The average molecular weight is 284 g/mol. The normalized spacial score (nSPS) is 25.8. The van der Waals surface area contributed by atoms with Gasteiger partial charge in [0.05, 0.1) is 0 Å². The Kier molecular flexibility index (Phi) is 5.58. The van der Waals surface area contributed by atoms with Crippen LogP contribution >= 0.6 is 23.1 Å². The molecule has 0 radical (unpaired) electrons. The van der Waals surface area contributed by atoms with E-state index in [9.17, 15) is 0 Å². The highest BCUT2D eigenvalue weighted by Gasteiger charge is 2.28. The molecule has 0 aliphatic heterocycles. The molecule has 102 valence electrons. The Morgan fingerprint density at radius 3 is 2.89 bits per heavy atom. The third-order valence-electron chi connectivity index (χ3n) is 3.72. The fourth-order valence-corrected chi connectivity index (χ4v) is 4.90. The summed E-state index contributed by atoms with van der Waals surface area (Å²) in [6, 6.07) is 5.71. The molecule has 1 aliphatic rings. The van der Waals surface area contributed by atoms with E-state index in [0.717, 1.165) is 11.3 Å². The van der Waals surface area contributed by atoms with Gasteiger partial charge in [0.1, 0.15) is 0 Å². The zero-order valence-electron chi connectivity index (χ0n) is 11.7. The lowest BCUT2D eigenvalue weighted by Crippen LogP contribution is -2.33. The standard InChI is InChI=1S/C15H25NS2/c1-4-17-13-8-7-12(10-13)16-15(11(2)3)14-6-5-9-18-14/h5-6,9,11-13,15-16H,4,7-8,10H2,1-3H3. The maximum absolute atomic E-state index is 3.90. The maximum Gasteiger partial charge on any atom is 0.0440 e. The second kappa shape index (κ2) is 6.97. The second-order valence-corrected chi connectivity index (χ2v) is 8.05. The van der Waals surface area contributed by atoms with E-state index in [-0.39, 0.29) is 0 Å². The van der Waals surface area contributed by atoms with Crippen LogP contribution in [0.25, 0.3) is 0 Å². The molecule has 3 unspecified atom stereocenters. The molecule has 1 saturated carbocycles. The van der Waals surface area contributed by atoms with E-state index >= 15 is 0 Å². The monoisotopic (exact) mass is 283 g/mol. The van der Waals surface area contributed by atoms with Gasteiger partial charge < -0.3 is 5.32 Å². The van der Waals surface area contributed by atoms with Crippen molar-refractivity contribution >= 4 is 23.1 Å². The van der Waals surface area contributed by atoms with Gasteiger partial charge in [0.25, 0.3) is 0 Å². The van der Waals surface area contributed by atoms with Crippen molar-refractivity contribution < 1.29 is 0 Å². The van der Waals surface area contributed by atoms with Crippen LogP contribution < -0.4 is 5.32 Å². The van der Waals surface area contributed by atoms with Crippen molar-refractivity contribution in [2.45, 2.75) is 57.4 Å². The van der Waals surface area contributed by atoms with Crippen LogP contribution in [0.2, 0.25) is 0 Å². The molecule has 1 aromatic rings. The molecule has 1 aromatic heterocycles. The average Bonchev–Trinajstić information content (AvgIpc) is 2.96. The molecule has 1 aliphatic carbocycles. The summed E-state index contributed by atoms with van der Waals surface area (Å²) in [5, 5.41) is 6.99. The summed E-state index contributed by atoms with van der Waals surface area (Å²) in [4.78, 5) is 1.50. The Hall–Kier alpha value is 0.01000. The molecule has 0 aromatic carbocycles. The Morgan fingerprint density at radius 1 is 1.44 bits per heavy atom. The Balaban J connectivity index is 1.91. The van der Waals surface area contributed by atoms with Crippen LogP contribution in [0.1, 0.15) is 51.0 Å². The van der Waals surface area contributed by atoms with E-state index in [1.165, 1.54) is 29.9 Å². The fourth-order valence-electron chi connectivity index (χ4n) is 2.80. The summed E-state index contributed by atoms with van der Waals surface area (Å²) in [6.07, 6.45) is 4.10. The van der Waals surface area contributed by atoms with E-state index in [4.69, 9.17) is 0 Å². The fraction of sp³-hybridized carbons (Fsp3) is 0.733. The summed E-state index contributed by atoms with van der Waals surface area (Å²) in [6.45, 7) is 6.92. The zero-order valence-corrected chi connectivity index (χ0v) is 13.3. The highest BCUT2D eigenvalue weighted by molar-refractivity contribution is 7.99. The van der Waals surface area contributed by atoms with Crippen molar-refractivity contribution in [3.8, 4) is 0 Å². The molecule has 0 bridgehead atoms. The summed E-state index contributed by atoms with van der Waals surface area (Å²) >= 11 is 4.02. The molecule has 3 atom stereocenters. The van der Waals surface area contributed by atoms with Crippen molar-refractivity contribution in [2.24, 2.45) is 5.92 Å². The topological polar surface area (TPSA) is 12.0 Å². The smallest absolute Gasteiger partial charge is 0.0440 e. The van der Waals surface area contributed by atoms with E-state index in [1.807, 2.05) is 11.3 Å². The van der Waals surface area contributed by atoms with Crippen LogP contribution in [-0.2, 0) is 0 Å². The predicted octanol–water partition coefficient (Wildman–Crippen LogP) is 4.71. The highest BCUT2D eigenvalue weighted by atomic mass is 32.2. The summed E-state index contributed by atoms with van der Waals surface area (Å²) in [7, 11) is 0. The third-order valence-corrected chi connectivity index (χ3v) is 5.91.